The number of fused-ring (bicyclic) bond motifs is 2. The van der Waals surface area contributed by atoms with Crippen molar-refractivity contribution in [1.29, 1.82) is 5.26 Å². The first-order chi connectivity index (χ1) is 12.2. The van der Waals surface area contributed by atoms with Gasteiger partial charge in [-0.25, -0.2) is 9.18 Å². The van der Waals surface area contributed by atoms with Gasteiger partial charge in [-0.15, -0.1) is 0 Å². The Bertz CT molecular complexity index is 661. The molecule has 25 heavy (non-hydrogen) atoms. The molecule has 2 unspecified atom stereocenters. The number of piperidine rings is 2. The second kappa shape index (κ2) is 6.67. The predicted octanol–water partition coefficient (Wildman–Crippen LogP) is 3.89. The summed E-state index contributed by atoms with van der Waals surface area (Å²) in [4.78, 5) is 17.1. The third-order valence-electron chi connectivity index (χ3n) is 6.24. The maximum atomic E-state index is 13.2. The van der Waals surface area contributed by atoms with Crippen LogP contribution in [0.2, 0.25) is 0 Å². The van der Waals surface area contributed by atoms with Crippen LogP contribution in [-0.4, -0.2) is 41.0 Å². The number of halogens is 1. The molecule has 1 aromatic rings. The maximum Gasteiger partial charge on any atom is 0.320 e. The van der Waals surface area contributed by atoms with E-state index in [1.807, 2.05) is 17.0 Å². The summed E-state index contributed by atoms with van der Waals surface area (Å²) < 4.78 is 13.2. The van der Waals surface area contributed by atoms with E-state index in [0.29, 0.717) is 31.1 Å². The third-order valence-corrected chi connectivity index (χ3v) is 6.24. The van der Waals surface area contributed by atoms with Crippen molar-refractivity contribution < 1.29 is 9.18 Å². The number of benzene rings is 1. The summed E-state index contributed by atoms with van der Waals surface area (Å²) in [6.07, 6.45) is 5.68. The fourth-order valence-electron chi connectivity index (χ4n) is 4.86. The van der Waals surface area contributed by atoms with Crippen molar-refractivity contribution >= 4 is 6.03 Å². The van der Waals surface area contributed by atoms with E-state index in [0.717, 1.165) is 38.5 Å². The minimum Gasteiger partial charge on any atom is -0.325 e. The highest BCUT2D eigenvalue weighted by Crippen LogP contribution is 2.43. The van der Waals surface area contributed by atoms with Gasteiger partial charge >= 0.3 is 6.03 Å². The van der Waals surface area contributed by atoms with Crippen molar-refractivity contribution in [2.24, 2.45) is 5.92 Å². The molecule has 0 radical (unpaired) electrons. The van der Waals surface area contributed by atoms with Gasteiger partial charge in [0.05, 0.1) is 6.07 Å². The molecule has 0 aliphatic carbocycles. The van der Waals surface area contributed by atoms with Crippen LogP contribution in [-0.2, 0) is 0 Å². The average Bonchev–Trinajstić information content (AvgIpc) is 2.91. The highest BCUT2D eigenvalue weighted by atomic mass is 19.1. The molecule has 0 N–H and O–H groups in total. The van der Waals surface area contributed by atoms with Gasteiger partial charge in [0.25, 0.3) is 0 Å². The van der Waals surface area contributed by atoms with Gasteiger partial charge in [-0.05, 0) is 62.1 Å². The van der Waals surface area contributed by atoms with Gasteiger partial charge in [0, 0.05) is 31.1 Å². The van der Waals surface area contributed by atoms with E-state index in [9.17, 15) is 9.18 Å². The second-order valence-corrected chi connectivity index (χ2v) is 7.69. The van der Waals surface area contributed by atoms with Crippen molar-refractivity contribution in [3.8, 4) is 6.07 Å². The van der Waals surface area contributed by atoms with Gasteiger partial charge < -0.3 is 9.80 Å². The molecule has 0 aromatic heterocycles. The molecular formula is C20H24FN3O. The minimum absolute atomic E-state index is 0.102. The number of amides is 2. The Balaban J connectivity index is 1.43. The molecule has 2 amide bonds. The Hall–Kier alpha value is -2.09. The summed E-state index contributed by atoms with van der Waals surface area (Å²) in [5.41, 5.74) is 1.19. The van der Waals surface area contributed by atoms with E-state index >= 15 is 0 Å². The SMILES string of the molecule is N#CC1CCN(C(=O)N2C3CCC2CC(c2ccc(F)cc2)C3)CC1. The van der Waals surface area contributed by atoms with E-state index in [1.165, 1.54) is 17.7 Å². The molecule has 3 aliphatic rings. The molecule has 0 spiro atoms. The number of rotatable bonds is 1. The lowest BCUT2D eigenvalue weighted by atomic mass is 9.85. The van der Waals surface area contributed by atoms with Crippen molar-refractivity contribution in [2.45, 2.75) is 56.5 Å². The van der Waals surface area contributed by atoms with Crippen LogP contribution in [0, 0.1) is 23.1 Å². The molecule has 3 heterocycles. The zero-order chi connectivity index (χ0) is 17.4. The van der Waals surface area contributed by atoms with Crippen molar-refractivity contribution in [2.75, 3.05) is 13.1 Å². The number of likely N-dealkylation sites (tertiary alicyclic amines) is 1. The van der Waals surface area contributed by atoms with E-state index in [1.54, 1.807) is 0 Å². The first kappa shape index (κ1) is 16.4. The van der Waals surface area contributed by atoms with E-state index in [2.05, 4.69) is 11.0 Å². The molecule has 3 aliphatic heterocycles. The van der Waals surface area contributed by atoms with Gasteiger partial charge in [-0.2, -0.15) is 5.26 Å². The Morgan fingerprint density at radius 3 is 2.20 bits per heavy atom. The van der Waals surface area contributed by atoms with Crippen LogP contribution in [0.4, 0.5) is 9.18 Å². The lowest BCUT2D eigenvalue weighted by molar-refractivity contribution is 0.0959. The lowest BCUT2D eigenvalue weighted by Gasteiger charge is -2.42. The summed E-state index contributed by atoms with van der Waals surface area (Å²) in [5.74, 6) is 0.330. The zero-order valence-electron chi connectivity index (χ0n) is 14.4. The van der Waals surface area contributed by atoms with E-state index < -0.39 is 0 Å². The Labute approximate surface area is 148 Å². The van der Waals surface area contributed by atoms with Crippen LogP contribution in [0.3, 0.4) is 0 Å². The number of nitrogens with zero attached hydrogens (tertiary/aromatic N) is 3. The van der Waals surface area contributed by atoms with Gasteiger partial charge in [0.15, 0.2) is 0 Å². The summed E-state index contributed by atoms with van der Waals surface area (Å²) in [6, 6.07) is 9.95. The highest BCUT2D eigenvalue weighted by Gasteiger charge is 2.45. The summed E-state index contributed by atoms with van der Waals surface area (Å²) >= 11 is 0. The largest absolute Gasteiger partial charge is 0.325 e. The van der Waals surface area contributed by atoms with Crippen molar-refractivity contribution in [1.82, 2.24) is 9.80 Å². The standard InChI is InChI=1S/C20H24FN3O/c21-17-3-1-15(2-4-17)16-11-18-5-6-19(12-16)24(18)20(25)23-9-7-14(13-22)8-10-23/h1-4,14,16,18-19H,5-12H2. The molecule has 2 atom stereocenters. The van der Waals surface area contributed by atoms with Crippen LogP contribution >= 0.6 is 0 Å². The average molecular weight is 341 g/mol. The van der Waals surface area contributed by atoms with Gasteiger partial charge in [0.1, 0.15) is 5.82 Å². The van der Waals surface area contributed by atoms with Crippen molar-refractivity contribution in [3.05, 3.63) is 35.6 Å². The number of carbonyl (C=O) groups excluding carboxylic acids is 1. The molecule has 132 valence electrons. The maximum absolute atomic E-state index is 13.2. The molecule has 0 saturated carbocycles. The Morgan fingerprint density at radius 2 is 1.64 bits per heavy atom. The molecule has 1 aromatic carbocycles. The lowest BCUT2D eigenvalue weighted by Crippen LogP contribution is -2.53. The topological polar surface area (TPSA) is 47.3 Å². The smallest absolute Gasteiger partial charge is 0.320 e. The summed E-state index contributed by atoms with van der Waals surface area (Å²) in [5, 5.41) is 9.03. The number of urea groups is 1. The fraction of sp³-hybridized carbons (Fsp3) is 0.600. The van der Waals surface area contributed by atoms with Gasteiger partial charge in [-0.3, -0.25) is 0 Å². The number of carbonyl (C=O) groups is 1. The van der Waals surface area contributed by atoms with Crippen LogP contribution in [0.1, 0.15) is 50.0 Å². The molecular weight excluding hydrogens is 317 g/mol. The van der Waals surface area contributed by atoms with Crippen LogP contribution < -0.4 is 0 Å². The first-order valence-corrected chi connectivity index (χ1v) is 9.38. The Kier molecular flexibility index (Phi) is 4.37. The van der Waals surface area contributed by atoms with Gasteiger partial charge in [-0.1, -0.05) is 12.1 Å². The van der Waals surface area contributed by atoms with Crippen LogP contribution in [0.5, 0.6) is 0 Å². The van der Waals surface area contributed by atoms with Crippen LogP contribution in [0.15, 0.2) is 24.3 Å². The molecule has 2 bridgehead atoms. The zero-order valence-corrected chi connectivity index (χ0v) is 14.4. The number of hydrogen-bond acceptors (Lipinski definition) is 2. The molecule has 3 saturated heterocycles. The first-order valence-electron chi connectivity index (χ1n) is 9.38. The molecule has 4 rings (SSSR count). The fourth-order valence-corrected chi connectivity index (χ4v) is 4.86. The quantitative estimate of drug-likeness (QED) is 0.778. The summed E-state index contributed by atoms with van der Waals surface area (Å²) in [6.45, 7) is 1.41. The second-order valence-electron chi connectivity index (χ2n) is 7.69. The van der Waals surface area contributed by atoms with E-state index in [4.69, 9.17) is 5.26 Å². The van der Waals surface area contributed by atoms with Gasteiger partial charge in [0.2, 0.25) is 0 Å². The highest BCUT2D eigenvalue weighted by molar-refractivity contribution is 5.76. The van der Waals surface area contributed by atoms with Crippen molar-refractivity contribution in [3.63, 3.8) is 0 Å². The molecule has 3 fully saturated rings. The number of hydrogen-bond donors (Lipinski definition) is 0. The summed E-state index contributed by atoms with van der Waals surface area (Å²) in [7, 11) is 0. The van der Waals surface area contributed by atoms with Crippen LogP contribution in [0.25, 0.3) is 0 Å². The number of nitriles is 1. The third kappa shape index (κ3) is 3.10. The molecule has 5 heteroatoms. The Morgan fingerprint density at radius 1 is 1.04 bits per heavy atom. The molecule has 4 nitrogen and oxygen atoms in total. The normalized spacial score (nSPS) is 29.5. The van der Waals surface area contributed by atoms with E-state index in [-0.39, 0.29) is 17.8 Å². The monoisotopic (exact) mass is 341 g/mol. The predicted molar refractivity (Wildman–Crippen MR) is 92.3 cm³/mol. The minimum atomic E-state index is -0.194.